The average molecular weight is 229 g/mol. The lowest BCUT2D eigenvalue weighted by molar-refractivity contribution is -0.122. The number of allylic oxidation sites excluding steroid dienone is 2. The zero-order chi connectivity index (χ0) is 11.8. The lowest BCUT2D eigenvalue weighted by atomic mass is 9.85. The van der Waals surface area contributed by atoms with Crippen LogP contribution in [0.25, 0.3) is 0 Å². The van der Waals surface area contributed by atoms with Gasteiger partial charge in [0.05, 0.1) is 11.8 Å². The maximum atomic E-state index is 12.1. The first kappa shape index (κ1) is 10.1. The highest BCUT2D eigenvalue weighted by atomic mass is 16.2. The van der Waals surface area contributed by atoms with Gasteiger partial charge < -0.3 is 0 Å². The molecule has 0 aromatic carbocycles. The maximum Gasteiger partial charge on any atom is 0.240 e. The van der Waals surface area contributed by atoms with Gasteiger partial charge in [-0.2, -0.15) is 0 Å². The van der Waals surface area contributed by atoms with Crippen molar-refractivity contribution < 1.29 is 9.59 Å². The average Bonchev–Trinajstić information content (AvgIpc) is 2.64. The Morgan fingerprint density at radius 1 is 1.00 bits per heavy atom. The summed E-state index contributed by atoms with van der Waals surface area (Å²) in [6, 6.07) is 1.66. The van der Waals surface area contributed by atoms with Crippen molar-refractivity contribution in [1.29, 1.82) is 0 Å². The van der Waals surface area contributed by atoms with Crippen LogP contribution < -0.4 is 4.90 Å². The molecule has 5 heteroatoms. The number of hydrogen-bond acceptors (Lipinski definition) is 4. The molecule has 1 aliphatic carbocycles. The number of aromatic nitrogens is 2. The molecule has 17 heavy (non-hydrogen) atoms. The van der Waals surface area contributed by atoms with Crippen molar-refractivity contribution in [2.24, 2.45) is 11.8 Å². The first-order valence-corrected chi connectivity index (χ1v) is 5.59. The number of rotatable bonds is 1. The van der Waals surface area contributed by atoms with E-state index in [4.69, 9.17) is 0 Å². The second-order valence-corrected chi connectivity index (χ2v) is 4.22. The van der Waals surface area contributed by atoms with Crippen LogP contribution in [0.1, 0.15) is 12.8 Å². The molecule has 0 bridgehead atoms. The highest BCUT2D eigenvalue weighted by Crippen LogP contribution is 2.36. The van der Waals surface area contributed by atoms with Crippen LogP contribution >= 0.6 is 0 Å². The predicted molar refractivity (Wildman–Crippen MR) is 59.9 cm³/mol. The van der Waals surface area contributed by atoms with Crippen molar-refractivity contribution in [3.63, 3.8) is 0 Å². The summed E-state index contributed by atoms with van der Waals surface area (Å²) in [4.78, 5) is 33.4. The fourth-order valence-electron chi connectivity index (χ4n) is 2.40. The third-order valence-electron chi connectivity index (χ3n) is 3.26. The van der Waals surface area contributed by atoms with Gasteiger partial charge in [-0.25, -0.2) is 14.9 Å². The van der Waals surface area contributed by atoms with Gasteiger partial charge in [0.25, 0.3) is 0 Å². The molecular formula is C12H11N3O2. The molecule has 2 aliphatic rings. The molecule has 3 rings (SSSR count). The van der Waals surface area contributed by atoms with Gasteiger partial charge in [0.2, 0.25) is 17.8 Å². The van der Waals surface area contributed by atoms with Crippen molar-refractivity contribution >= 4 is 17.8 Å². The second kappa shape index (κ2) is 3.76. The lowest BCUT2D eigenvalue weighted by Gasteiger charge is -2.14. The van der Waals surface area contributed by atoms with Crippen LogP contribution in [0.15, 0.2) is 30.6 Å². The largest absolute Gasteiger partial charge is 0.274 e. The number of anilines is 1. The number of nitrogens with zero attached hydrogens (tertiary/aromatic N) is 3. The van der Waals surface area contributed by atoms with E-state index < -0.39 is 0 Å². The van der Waals surface area contributed by atoms with E-state index in [2.05, 4.69) is 9.97 Å². The molecule has 0 spiro atoms. The molecule has 1 aliphatic heterocycles. The summed E-state index contributed by atoms with van der Waals surface area (Å²) >= 11 is 0. The quantitative estimate of drug-likeness (QED) is 0.531. The van der Waals surface area contributed by atoms with Crippen LogP contribution in [0.2, 0.25) is 0 Å². The molecule has 1 aromatic rings. The fourth-order valence-corrected chi connectivity index (χ4v) is 2.40. The Kier molecular flexibility index (Phi) is 2.24. The summed E-state index contributed by atoms with van der Waals surface area (Å²) in [5.74, 6) is -0.601. The first-order valence-electron chi connectivity index (χ1n) is 5.59. The van der Waals surface area contributed by atoms with E-state index in [9.17, 15) is 9.59 Å². The highest BCUT2D eigenvalue weighted by Gasteiger charge is 2.48. The monoisotopic (exact) mass is 229 g/mol. The summed E-state index contributed by atoms with van der Waals surface area (Å²) in [6.07, 6.45) is 8.26. The molecule has 0 saturated carbocycles. The third-order valence-corrected chi connectivity index (χ3v) is 3.26. The molecule has 2 heterocycles. The molecule has 0 unspecified atom stereocenters. The van der Waals surface area contributed by atoms with Crippen LogP contribution in [-0.2, 0) is 9.59 Å². The highest BCUT2D eigenvalue weighted by molar-refractivity contribution is 6.21. The van der Waals surface area contributed by atoms with E-state index in [0.717, 1.165) is 4.90 Å². The van der Waals surface area contributed by atoms with Crippen molar-refractivity contribution in [1.82, 2.24) is 9.97 Å². The molecule has 2 atom stereocenters. The minimum Gasteiger partial charge on any atom is -0.274 e. The maximum absolute atomic E-state index is 12.1. The van der Waals surface area contributed by atoms with E-state index in [1.165, 1.54) is 12.4 Å². The number of fused-ring (bicyclic) bond motifs is 1. The van der Waals surface area contributed by atoms with E-state index >= 15 is 0 Å². The first-order chi connectivity index (χ1) is 8.29. The van der Waals surface area contributed by atoms with Gasteiger partial charge in [-0.05, 0) is 18.9 Å². The molecule has 0 N–H and O–H groups in total. The van der Waals surface area contributed by atoms with Crippen LogP contribution in [-0.4, -0.2) is 21.8 Å². The van der Waals surface area contributed by atoms with Crippen LogP contribution in [0.4, 0.5) is 5.95 Å². The van der Waals surface area contributed by atoms with Gasteiger partial charge >= 0.3 is 0 Å². The Morgan fingerprint density at radius 2 is 1.53 bits per heavy atom. The van der Waals surface area contributed by atoms with Crippen LogP contribution in [0.5, 0.6) is 0 Å². The lowest BCUT2D eigenvalue weighted by Crippen LogP contribution is -2.32. The molecule has 5 nitrogen and oxygen atoms in total. The normalized spacial score (nSPS) is 27.4. The minimum absolute atomic E-state index is 0.171. The summed E-state index contributed by atoms with van der Waals surface area (Å²) < 4.78 is 0. The zero-order valence-corrected chi connectivity index (χ0v) is 9.11. The topological polar surface area (TPSA) is 63.2 Å². The number of imide groups is 1. The Labute approximate surface area is 98.2 Å². The van der Waals surface area contributed by atoms with E-state index in [1.54, 1.807) is 6.07 Å². The van der Waals surface area contributed by atoms with Crippen molar-refractivity contribution in [3.05, 3.63) is 30.6 Å². The van der Waals surface area contributed by atoms with Gasteiger partial charge in [0.1, 0.15) is 0 Å². The fraction of sp³-hybridized carbons (Fsp3) is 0.333. The van der Waals surface area contributed by atoms with Crippen molar-refractivity contribution in [3.8, 4) is 0 Å². The smallest absolute Gasteiger partial charge is 0.240 e. The number of carbonyl (C=O) groups excluding carboxylic acids is 2. The van der Waals surface area contributed by atoms with Gasteiger partial charge in [-0.3, -0.25) is 9.59 Å². The molecule has 0 radical (unpaired) electrons. The Bertz CT molecular complexity index is 472. The second-order valence-electron chi connectivity index (χ2n) is 4.22. The number of carbonyl (C=O) groups is 2. The molecule has 86 valence electrons. The molecule has 1 saturated heterocycles. The molecule has 1 aromatic heterocycles. The minimum atomic E-state index is -0.226. The summed E-state index contributed by atoms with van der Waals surface area (Å²) in [5.41, 5.74) is 0. The van der Waals surface area contributed by atoms with E-state index in [1.807, 2.05) is 12.2 Å². The van der Waals surface area contributed by atoms with Crippen molar-refractivity contribution in [2.45, 2.75) is 12.8 Å². The van der Waals surface area contributed by atoms with Crippen LogP contribution in [0.3, 0.4) is 0 Å². The van der Waals surface area contributed by atoms with E-state index in [0.29, 0.717) is 12.8 Å². The van der Waals surface area contributed by atoms with Gasteiger partial charge in [-0.1, -0.05) is 12.2 Å². The van der Waals surface area contributed by atoms with Gasteiger partial charge in [-0.15, -0.1) is 0 Å². The van der Waals surface area contributed by atoms with Gasteiger partial charge in [0.15, 0.2) is 0 Å². The summed E-state index contributed by atoms with van der Waals surface area (Å²) in [6.45, 7) is 0. The van der Waals surface area contributed by atoms with Gasteiger partial charge in [0, 0.05) is 12.4 Å². The van der Waals surface area contributed by atoms with E-state index in [-0.39, 0.29) is 29.6 Å². The zero-order valence-electron chi connectivity index (χ0n) is 9.11. The Balaban J connectivity index is 1.98. The summed E-state index contributed by atoms with van der Waals surface area (Å²) in [7, 11) is 0. The summed E-state index contributed by atoms with van der Waals surface area (Å²) in [5, 5.41) is 0. The number of amides is 2. The number of hydrogen-bond donors (Lipinski definition) is 0. The third kappa shape index (κ3) is 1.46. The molecule has 2 amide bonds. The molecule has 1 fully saturated rings. The Hall–Kier alpha value is -2.04. The Morgan fingerprint density at radius 3 is 2.06 bits per heavy atom. The molecular weight excluding hydrogens is 218 g/mol. The predicted octanol–water partition coefficient (Wildman–Crippen LogP) is 0.932. The standard InChI is InChI=1S/C12H11N3O2/c16-10-8-4-1-2-5-9(8)11(17)15(10)12-13-6-3-7-14-12/h1-3,6-9H,4-5H2/t8-,9+. The van der Waals surface area contributed by atoms with Crippen LogP contribution in [0, 0.1) is 11.8 Å². The van der Waals surface area contributed by atoms with Crippen molar-refractivity contribution in [2.75, 3.05) is 4.90 Å². The SMILES string of the molecule is O=C1[C@H]2CC=CC[C@H]2C(=O)N1c1ncccn1.